The molecule has 0 aromatic carbocycles. The van der Waals surface area contributed by atoms with E-state index in [2.05, 4.69) is 19.6 Å². The van der Waals surface area contributed by atoms with E-state index >= 15 is 0 Å². The standard InChI is InChI=1S/C20H32O2/c1-13-7-8-15-17(16-14(13)9-12-20(16,5)22)19(15,4)11-6-10-18(2,3)21/h6,10,14-17,21-22H,1,7-9,11-12H2,2-5H3/t14-,15+,16+,17+,19-,20-/m0/s1. The number of aliphatic hydroxyl groups is 2. The lowest BCUT2D eigenvalue weighted by Gasteiger charge is -2.32. The largest absolute Gasteiger partial charge is 0.390 e. The fraction of sp³-hybridized carbons (Fsp3) is 0.800. The Morgan fingerprint density at radius 3 is 2.59 bits per heavy atom. The molecule has 0 heterocycles. The molecule has 6 atom stereocenters. The monoisotopic (exact) mass is 304 g/mol. The van der Waals surface area contributed by atoms with Crippen molar-refractivity contribution in [1.82, 2.24) is 0 Å². The van der Waals surface area contributed by atoms with Crippen LogP contribution >= 0.6 is 0 Å². The van der Waals surface area contributed by atoms with Crippen molar-refractivity contribution >= 4 is 0 Å². The van der Waals surface area contributed by atoms with E-state index in [9.17, 15) is 10.2 Å². The molecule has 3 aliphatic rings. The second-order valence-electron chi connectivity index (χ2n) is 9.12. The molecule has 2 N–H and O–H groups in total. The number of fused-ring (bicyclic) bond motifs is 3. The van der Waals surface area contributed by atoms with Gasteiger partial charge in [-0.2, -0.15) is 0 Å². The van der Waals surface area contributed by atoms with Gasteiger partial charge in [0.1, 0.15) is 0 Å². The fourth-order valence-corrected chi connectivity index (χ4v) is 5.61. The quantitative estimate of drug-likeness (QED) is 0.771. The molecule has 3 fully saturated rings. The van der Waals surface area contributed by atoms with Crippen molar-refractivity contribution in [1.29, 1.82) is 0 Å². The van der Waals surface area contributed by atoms with Crippen molar-refractivity contribution in [3.8, 4) is 0 Å². The maximum Gasteiger partial charge on any atom is 0.0771 e. The van der Waals surface area contributed by atoms with Crippen LogP contribution in [0.2, 0.25) is 0 Å². The van der Waals surface area contributed by atoms with Crippen LogP contribution in [0.4, 0.5) is 0 Å². The zero-order chi connectivity index (χ0) is 16.3. The van der Waals surface area contributed by atoms with Gasteiger partial charge in [0.15, 0.2) is 0 Å². The molecule has 3 rings (SSSR count). The SMILES string of the molecule is C=C1CC[C@@H]2[C@H]([C@H]3[C@H]1CC[C@]3(C)O)[C@@]2(C)CC=CC(C)(C)O. The molecule has 0 saturated heterocycles. The molecular weight excluding hydrogens is 272 g/mol. The second-order valence-corrected chi connectivity index (χ2v) is 9.12. The smallest absolute Gasteiger partial charge is 0.0771 e. The summed E-state index contributed by atoms with van der Waals surface area (Å²) in [7, 11) is 0. The van der Waals surface area contributed by atoms with Crippen LogP contribution in [0, 0.1) is 29.1 Å². The number of hydrogen-bond donors (Lipinski definition) is 2. The van der Waals surface area contributed by atoms with Gasteiger partial charge in [-0.05, 0) is 82.0 Å². The highest BCUT2D eigenvalue weighted by Crippen LogP contribution is 2.72. The lowest BCUT2D eigenvalue weighted by atomic mass is 9.77. The molecule has 0 aromatic heterocycles. The number of allylic oxidation sites excluding steroid dienone is 2. The van der Waals surface area contributed by atoms with Gasteiger partial charge < -0.3 is 10.2 Å². The number of rotatable bonds is 3. The van der Waals surface area contributed by atoms with Crippen molar-refractivity contribution < 1.29 is 10.2 Å². The average molecular weight is 304 g/mol. The Kier molecular flexibility index (Phi) is 3.66. The first-order chi connectivity index (χ1) is 10.1. The molecule has 0 unspecified atom stereocenters. The highest BCUT2D eigenvalue weighted by molar-refractivity contribution is 5.24. The minimum Gasteiger partial charge on any atom is -0.390 e. The average Bonchev–Trinajstić information content (AvgIpc) is 2.85. The van der Waals surface area contributed by atoms with Crippen molar-refractivity contribution in [3.05, 3.63) is 24.3 Å². The van der Waals surface area contributed by atoms with E-state index < -0.39 is 11.2 Å². The lowest BCUT2D eigenvalue weighted by molar-refractivity contribution is -0.00194. The van der Waals surface area contributed by atoms with Gasteiger partial charge in [0, 0.05) is 0 Å². The molecule has 0 aromatic rings. The van der Waals surface area contributed by atoms with Crippen LogP contribution in [0.5, 0.6) is 0 Å². The third kappa shape index (κ3) is 2.59. The van der Waals surface area contributed by atoms with Crippen LogP contribution in [-0.2, 0) is 0 Å². The minimum atomic E-state index is -0.733. The van der Waals surface area contributed by atoms with Crippen molar-refractivity contribution in [2.45, 2.75) is 71.0 Å². The Balaban J connectivity index is 1.81. The molecule has 0 aliphatic heterocycles. The Labute approximate surface area is 135 Å². The first-order valence-electron chi connectivity index (χ1n) is 8.86. The summed E-state index contributed by atoms with van der Waals surface area (Å²) in [6, 6.07) is 0. The highest BCUT2D eigenvalue weighted by Gasteiger charge is 2.68. The third-order valence-corrected chi connectivity index (χ3v) is 6.82. The van der Waals surface area contributed by atoms with E-state index in [4.69, 9.17) is 0 Å². The van der Waals surface area contributed by atoms with Gasteiger partial charge in [0.2, 0.25) is 0 Å². The lowest BCUT2D eigenvalue weighted by Crippen LogP contribution is -2.35. The van der Waals surface area contributed by atoms with E-state index in [-0.39, 0.29) is 0 Å². The first kappa shape index (κ1) is 16.3. The van der Waals surface area contributed by atoms with Gasteiger partial charge >= 0.3 is 0 Å². The molecule has 22 heavy (non-hydrogen) atoms. The normalized spacial score (nSPS) is 48.2. The Bertz CT molecular complexity index is 496. The first-order valence-corrected chi connectivity index (χ1v) is 8.86. The molecule has 3 aliphatic carbocycles. The van der Waals surface area contributed by atoms with Gasteiger partial charge in [0.05, 0.1) is 11.2 Å². The van der Waals surface area contributed by atoms with Crippen LogP contribution < -0.4 is 0 Å². The van der Waals surface area contributed by atoms with E-state index in [1.54, 1.807) is 0 Å². The summed E-state index contributed by atoms with van der Waals surface area (Å²) >= 11 is 0. The van der Waals surface area contributed by atoms with Gasteiger partial charge in [0.25, 0.3) is 0 Å². The maximum atomic E-state index is 10.9. The van der Waals surface area contributed by atoms with Crippen LogP contribution in [0.1, 0.15) is 59.8 Å². The van der Waals surface area contributed by atoms with Crippen molar-refractivity contribution in [3.63, 3.8) is 0 Å². The van der Waals surface area contributed by atoms with Crippen LogP contribution in [-0.4, -0.2) is 21.4 Å². The predicted octanol–water partition coefficient (Wildman–Crippen LogP) is 4.08. The predicted molar refractivity (Wildman–Crippen MR) is 90.4 cm³/mol. The molecule has 3 saturated carbocycles. The van der Waals surface area contributed by atoms with Gasteiger partial charge in [-0.25, -0.2) is 0 Å². The summed E-state index contributed by atoms with van der Waals surface area (Å²) in [5, 5.41) is 20.8. The minimum absolute atomic E-state index is 0.291. The molecular formula is C20H32O2. The Hall–Kier alpha value is -0.600. The fourth-order valence-electron chi connectivity index (χ4n) is 5.61. The topological polar surface area (TPSA) is 40.5 Å². The van der Waals surface area contributed by atoms with Crippen LogP contribution in [0.15, 0.2) is 24.3 Å². The maximum absolute atomic E-state index is 10.9. The summed E-state index contributed by atoms with van der Waals surface area (Å²) in [6.45, 7) is 12.4. The zero-order valence-electron chi connectivity index (χ0n) is 14.6. The second kappa shape index (κ2) is 4.95. The van der Waals surface area contributed by atoms with Gasteiger partial charge in [-0.3, -0.25) is 0 Å². The molecule has 2 heteroatoms. The molecule has 2 nitrogen and oxygen atoms in total. The number of hydrogen-bond acceptors (Lipinski definition) is 2. The Morgan fingerprint density at radius 2 is 1.95 bits per heavy atom. The van der Waals surface area contributed by atoms with Crippen molar-refractivity contribution in [2.24, 2.45) is 29.1 Å². The van der Waals surface area contributed by atoms with Crippen LogP contribution in [0.25, 0.3) is 0 Å². The van der Waals surface area contributed by atoms with E-state index in [0.29, 0.717) is 29.1 Å². The summed E-state index contributed by atoms with van der Waals surface area (Å²) in [5.74, 6) is 2.22. The zero-order valence-corrected chi connectivity index (χ0v) is 14.6. The molecule has 0 bridgehead atoms. The molecule has 124 valence electrons. The van der Waals surface area contributed by atoms with Gasteiger partial charge in [-0.1, -0.05) is 31.2 Å². The van der Waals surface area contributed by atoms with Crippen LogP contribution in [0.3, 0.4) is 0 Å². The molecule has 0 amide bonds. The van der Waals surface area contributed by atoms with Gasteiger partial charge in [-0.15, -0.1) is 0 Å². The van der Waals surface area contributed by atoms with E-state index in [0.717, 1.165) is 25.7 Å². The summed E-state index contributed by atoms with van der Waals surface area (Å²) in [4.78, 5) is 0. The Morgan fingerprint density at radius 1 is 1.27 bits per heavy atom. The van der Waals surface area contributed by atoms with E-state index in [1.165, 1.54) is 12.0 Å². The van der Waals surface area contributed by atoms with E-state index in [1.807, 2.05) is 26.8 Å². The summed E-state index contributed by atoms with van der Waals surface area (Å²) < 4.78 is 0. The third-order valence-electron chi connectivity index (χ3n) is 6.82. The summed E-state index contributed by atoms with van der Waals surface area (Å²) in [6.07, 6.45) is 9.46. The summed E-state index contributed by atoms with van der Waals surface area (Å²) in [5.41, 5.74) is 0.408. The highest BCUT2D eigenvalue weighted by atomic mass is 16.3. The van der Waals surface area contributed by atoms with Crippen molar-refractivity contribution in [2.75, 3.05) is 0 Å². The molecule has 0 spiro atoms. The molecule has 0 radical (unpaired) electrons.